The van der Waals surface area contributed by atoms with Crippen LogP contribution in [0.4, 0.5) is 11.4 Å². The Kier molecular flexibility index (Phi) is 8.61. The van der Waals surface area contributed by atoms with E-state index in [0.717, 1.165) is 30.0 Å². The normalized spacial score (nSPS) is 28.5. The van der Waals surface area contributed by atoms with Gasteiger partial charge in [-0.2, -0.15) is 0 Å². The van der Waals surface area contributed by atoms with Crippen LogP contribution < -0.4 is 9.80 Å². The van der Waals surface area contributed by atoms with E-state index >= 15 is 0 Å². The number of likely N-dealkylation sites (tertiary alicyclic amines) is 1. The molecular formula is C35H42N4O4S. The molecule has 2 saturated heterocycles. The summed E-state index contributed by atoms with van der Waals surface area (Å²) in [4.78, 5) is 51.1. The number of thioether (sulfide) groups is 1. The fraction of sp³-hybridized carbons (Fsp3) is 0.457. The number of nitrogens with zero attached hydrogens (tertiary/aromatic N) is 4. The number of aliphatic hydroxyl groups is 1. The zero-order valence-corrected chi connectivity index (χ0v) is 26.5. The predicted octanol–water partition coefficient (Wildman–Crippen LogP) is 4.10. The molecule has 232 valence electrons. The van der Waals surface area contributed by atoms with Crippen LogP contribution in [0.3, 0.4) is 0 Å². The Bertz CT molecular complexity index is 1440. The van der Waals surface area contributed by atoms with Gasteiger partial charge in [-0.15, -0.1) is 11.8 Å². The molecule has 2 aromatic carbocycles. The average molecular weight is 615 g/mol. The van der Waals surface area contributed by atoms with Crippen molar-refractivity contribution in [1.82, 2.24) is 9.80 Å². The molecule has 1 spiro atoms. The molecular weight excluding hydrogens is 572 g/mol. The van der Waals surface area contributed by atoms with E-state index in [1.54, 1.807) is 21.6 Å². The standard InChI is InChI=1S/C35H42N4O4S/c1-4-25(23-40)39-31-34(43)38(27-17-15-26(16-18-27)36(5-2)6-3)21-11-19-35(31)30(33(39)42)29-28(44-35)14-10-20-37(32(29)41)22-24-12-8-7-9-13-24/h7-19,25,28-31,40H,4-6,20-23H2,1-3H3/t25-,28+,29-,30-,31?,35-/m0/s1. The summed E-state index contributed by atoms with van der Waals surface area (Å²) in [5.41, 5.74) is 2.89. The number of hydrogen-bond acceptors (Lipinski definition) is 6. The summed E-state index contributed by atoms with van der Waals surface area (Å²) >= 11 is 1.58. The molecule has 3 amide bonds. The van der Waals surface area contributed by atoms with Gasteiger partial charge in [0.2, 0.25) is 11.8 Å². The van der Waals surface area contributed by atoms with Crippen molar-refractivity contribution >= 4 is 40.9 Å². The Morgan fingerprint density at radius 1 is 0.932 bits per heavy atom. The van der Waals surface area contributed by atoms with Crippen LogP contribution in [0.25, 0.3) is 0 Å². The third-order valence-corrected chi connectivity index (χ3v) is 11.5. The third kappa shape index (κ3) is 4.94. The first kappa shape index (κ1) is 30.5. The summed E-state index contributed by atoms with van der Waals surface area (Å²) in [6, 6.07) is 16.6. The molecule has 4 aliphatic heterocycles. The van der Waals surface area contributed by atoms with E-state index in [1.165, 1.54) is 0 Å². The number of aliphatic hydroxyl groups excluding tert-OH is 1. The van der Waals surface area contributed by atoms with E-state index in [-0.39, 0.29) is 29.6 Å². The van der Waals surface area contributed by atoms with Gasteiger partial charge in [-0.3, -0.25) is 14.4 Å². The molecule has 1 N–H and O–H groups in total. The van der Waals surface area contributed by atoms with E-state index in [0.29, 0.717) is 26.1 Å². The summed E-state index contributed by atoms with van der Waals surface area (Å²) in [5.74, 6) is -1.75. The second-order valence-corrected chi connectivity index (χ2v) is 13.5. The minimum Gasteiger partial charge on any atom is -0.394 e. The Morgan fingerprint density at radius 2 is 1.66 bits per heavy atom. The fourth-order valence-corrected chi connectivity index (χ4v) is 9.54. The monoisotopic (exact) mass is 614 g/mol. The Hall–Kier alpha value is -3.56. The summed E-state index contributed by atoms with van der Waals surface area (Å²) in [6.45, 7) is 8.99. The van der Waals surface area contributed by atoms with Gasteiger partial charge in [0.05, 0.1) is 29.2 Å². The van der Waals surface area contributed by atoms with Crippen LogP contribution in [-0.2, 0) is 20.9 Å². The smallest absolute Gasteiger partial charge is 0.251 e. The van der Waals surface area contributed by atoms with Gasteiger partial charge >= 0.3 is 0 Å². The third-order valence-electron chi connectivity index (χ3n) is 9.76. The first-order chi connectivity index (χ1) is 21.4. The van der Waals surface area contributed by atoms with Gasteiger partial charge in [0.15, 0.2) is 0 Å². The molecule has 0 bridgehead atoms. The van der Waals surface area contributed by atoms with Gasteiger partial charge in [0, 0.05) is 49.3 Å². The topological polar surface area (TPSA) is 84.4 Å². The summed E-state index contributed by atoms with van der Waals surface area (Å²) in [7, 11) is 0. The molecule has 0 radical (unpaired) electrons. The van der Waals surface area contributed by atoms with Crippen LogP contribution >= 0.6 is 11.8 Å². The molecule has 0 aromatic heterocycles. The molecule has 44 heavy (non-hydrogen) atoms. The maximum Gasteiger partial charge on any atom is 0.251 e. The predicted molar refractivity (Wildman–Crippen MR) is 175 cm³/mol. The first-order valence-electron chi connectivity index (χ1n) is 15.8. The molecule has 8 nitrogen and oxygen atoms in total. The Balaban J connectivity index is 1.38. The van der Waals surface area contributed by atoms with Gasteiger partial charge in [-0.05, 0) is 50.1 Å². The van der Waals surface area contributed by atoms with E-state index in [1.807, 2.05) is 84.6 Å². The van der Waals surface area contributed by atoms with Gasteiger partial charge in [0.1, 0.15) is 6.04 Å². The van der Waals surface area contributed by atoms with Gasteiger partial charge in [0.25, 0.3) is 5.91 Å². The lowest BCUT2D eigenvalue weighted by molar-refractivity contribution is -0.145. The van der Waals surface area contributed by atoms with Gasteiger partial charge in [-0.25, -0.2) is 0 Å². The number of benzene rings is 2. The minimum absolute atomic E-state index is 0.0573. The highest BCUT2D eigenvalue weighted by atomic mass is 32.2. The summed E-state index contributed by atoms with van der Waals surface area (Å²) in [6.07, 6.45) is 8.63. The highest BCUT2D eigenvalue weighted by Crippen LogP contribution is 2.61. The number of amides is 3. The second kappa shape index (κ2) is 12.4. The number of fused-ring (bicyclic) bond motifs is 2. The van der Waals surface area contributed by atoms with Crippen LogP contribution in [0.2, 0.25) is 0 Å². The van der Waals surface area contributed by atoms with Crippen molar-refractivity contribution in [3.63, 3.8) is 0 Å². The maximum absolute atomic E-state index is 14.7. The SMILES string of the molecule is CC[C@@H](CO)N1C(=O)[C@@H]2[C@H]3C(=O)N(Cc4ccccc4)CC=C[C@H]3S[C@@]23C=CCN(c2ccc(N(CC)CC)cc2)C(=O)C13. The Morgan fingerprint density at radius 3 is 2.32 bits per heavy atom. The number of carbonyl (C=O) groups is 3. The van der Waals surface area contributed by atoms with Crippen LogP contribution in [0.5, 0.6) is 0 Å². The van der Waals surface area contributed by atoms with Crippen LogP contribution in [-0.4, -0.2) is 87.5 Å². The lowest BCUT2D eigenvalue weighted by Crippen LogP contribution is -2.56. The van der Waals surface area contributed by atoms with Crippen molar-refractivity contribution in [2.75, 3.05) is 42.6 Å². The molecule has 2 aromatic rings. The lowest BCUT2D eigenvalue weighted by atomic mass is 9.78. The van der Waals surface area contributed by atoms with Crippen molar-refractivity contribution in [1.29, 1.82) is 0 Å². The van der Waals surface area contributed by atoms with Crippen LogP contribution in [0, 0.1) is 11.8 Å². The fourth-order valence-electron chi connectivity index (χ4n) is 7.55. The highest BCUT2D eigenvalue weighted by Gasteiger charge is 2.71. The second-order valence-electron chi connectivity index (χ2n) is 12.0. The maximum atomic E-state index is 14.7. The van der Waals surface area contributed by atoms with Gasteiger partial charge in [-0.1, -0.05) is 61.6 Å². The molecule has 4 heterocycles. The van der Waals surface area contributed by atoms with E-state index in [2.05, 4.69) is 24.8 Å². The van der Waals surface area contributed by atoms with Crippen molar-refractivity contribution in [2.45, 2.75) is 55.8 Å². The molecule has 9 heteroatoms. The summed E-state index contributed by atoms with van der Waals surface area (Å²) in [5, 5.41) is 10.2. The molecule has 2 fully saturated rings. The molecule has 6 atom stereocenters. The van der Waals surface area contributed by atoms with E-state index in [4.69, 9.17) is 0 Å². The number of rotatable bonds is 9. The first-order valence-corrected chi connectivity index (χ1v) is 16.7. The van der Waals surface area contributed by atoms with Crippen molar-refractivity contribution < 1.29 is 19.5 Å². The van der Waals surface area contributed by atoms with Crippen LogP contribution in [0.1, 0.15) is 32.8 Å². The molecule has 4 aliphatic rings. The van der Waals surface area contributed by atoms with Crippen molar-refractivity contribution in [3.8, 4) is 0 Å². The number of hydrogen-bond donors (Lipinski definition) is 1. The summed E-state index contributed by atoms with van der Waals surface area (Å²) < 4.78 is -0.919. The molecule has 6 rings (SSSR count). The molecule has 0 saturated carbocycles. The van der Waals surface area contributed by atoms with Crippen LogP contribution in [0.15, 0.2) is 78.9 Å². The van der Waals surface area contributed by atoms with Crippen molar-refractivity contribution in [2.24, 2.45) is 11.8 Å². The van der Waals surface area contributed by atoms with E-state index < -0.39 is 28.7 Å². The zero-order valence-electron chi connectivity index (χ0n) is 25.7. The quantitative estimate of drug-likeness (QED) is 0.429. The average Bonchev–Trinajstić information content (AvgIpc) is 3.37. The molecule has 1 unspecified atom stereocenters. The highest BCUT2D eigenvalue weighted by molar-refractivity contribution is 8.02. The van der Waals surface area contributed by atoms with Gasteiger partial charge < -0.3 is 24.7 Å². The Labute approximate surface area is 264 Å². The molecule has 0 aliphatic carbocycles. The zero-order chi connectivity index (χ0) is 31.0. The largest absolute Gasteiger partial charge is 0.394 e. The number of anilines is 2. The minimum atomic E-state index is -0.919. The lowest BCUT2D eigenvalue weighted by Gasteiger charge is -2.38. The number of carbonyl (C=O) groups excluding carboxylic acids is 3. The van der Waals surface area contributed by atoms with Crippen molar-refractivity contribution in [3.05, 3.63) is 84.5 Å². The van der Waals surface area contributed by atoms with E-state index in [9.17, 15) is 19.5 Å².